The van der Waals surface area contributed by atoms with E-state index in [1.165, 1.54) is 0 Å². The number of rotatable bonds is 4. The predicted octanol–water partition coefficient (Wildman–Crippen LogP) is 2.59. The van der Waals surface area contributed by atoms with Gasteiger partial charge in [-0.3, -0.25) is 4.79 Å². The molecular weight excluding hydrogens is 162 g/mol. The third-order valence-electron chi connectivity index (χ3n) is 1.76. The van der Waals surface area contributed by atoms with Gasteiger partial charge in [0, 0.05) is 17.5 Å². The van der Waals surface area contributed by atoms with Gasteiger partial charge >= 0.3 is 0 Å². The molecule has 0 amide bonds. The Balaban J connectivity index is 2.60. The summed E-state index contributed by atoms with van der Waals surface area (Å²) >= 11 is 0. The number of carbonyl (C=O) groups excluding carboxylic acids is 1. The average molecular weight is 175 g/mol. The molecule has 0 aliphatic carbocycles. The van der Waals surface area contributed by atoms with Crippen LogP contribution in [0, 0.1) is 0 Å². The van der Waals surface area contributed by atoms with E-state index in [9.17, 15) is 4.79 Å². The molecule has 0 aromatic heterocycles. The van der Waals surface area contributed by atoms with Gasteiger partial charge in [0.1, 0.15) is 6.29 Å². The number of para-hydroxylation sites is 1. The van der Waals surface area contributed by atoms with Crippen LogP contribution in [0.3, 0.4) is 0 Å². The van der Waals surface area contributed by atoms with Crippen molar-refractivity contribution in [1.29, 1.82) is 0 Å². The van der Waals surface area contributed by atoms with Crippen LogP contribution in [0.5, 0.6) is 0 Å². The lowest BCUT2D eigenvalue weighted by atomic mass is 10.2. The summed E-state index contributed by atoms with van der Waals surface area (Å²) in [6.45, 7) is 1.95. The summed E-state index contributed by atoms with van der Waals surface area (Å²) in [7, 11) is 0. The molecule has 0 spiro atoms. The molecule has 1 rings (SSSR count). The molecule has 0 aliphatic rings. The molecule has 0 unspecified atom stereocenters. The van der Waals surface area contributed by atoms with E-state index in [1.807, 2.05) is 37.3 Å². The summed E-state index contributed by atoms with van der Waals surface area (Å²) in [6, 6.07) is 9.75. The third kappa shape index (κ3) is 3.11. The second-order valence-electron chi connectivity index (χ2n) is 2.70. The monoisotopic (exact) mass is 175 g/mol. The molecule has 1 N–H and O–H groups in total. The number of hydrogen-bond donors (Lipinski definition) is 1. The Labute approximate surface area is 78.3 Å². The van der Waals surface area contributed by atoms with Crippen LogP contribution >= 0.6 is 0 Å². The van der Waals surface area contributed by atoms with Gasteiger partial charge in [-0.1, -0.05) is 25.1 Å². The Hall–Kier alpha value is -1.57. The summed E-state index contributed by atoms with van der Waals surface area (Å²) in [5, 5.41) is 3.05. The maximum Gasteiger partial charge on any atom is 0.147 e. The van der Waals surface area contributed by atoms with Crippen molar-refractivity contribution < 1.29 is 4.79 Å². The zero-order valence-corrected chi connectivity index (χ0v) is 7.66. The number of allylic oxidation sites excluding steroid dienone is 1. The lowest BCUT2D eigenvalue weighted by molar-refractivity contribution is -0.105. The van der Waals surface area contributed by atoms with E-state index >= 15 is 0 Å². The van der Waals surface area contributed by atoms with Crippen molar-refractivity contribution in [1.82, 2.24) is 0 Å². The molecule has 1 aromatic rings. The molecule has 1 aromatic carbocycles. The summed E-state index contributed by atoms with van der Waals surface area (Å²) in [4.78, 5) is 10.4. The SMILES string of the molecule is CC/C(C=O)=C/Nc1ccccc1. The highest BCUT2D eigenvalue weighted by Crippen LogP contribution is 2.06. The van der Waals surface area contributed by atoms with Gasteiger partial charge in [-0.05, 0) is 18.6 Å². The van der Waals surface area contributed by atoms with Crippen LogP contribution in [-0.4, -0.2) is 6.29 Å². The van der Waals surface area contributed by atoms with Crippen LogP contribution in [0.1, 0.15) is 13.3 Å². The molecule has 0 radical (unpaired) electrons. The van der Waals surface area contributed by atoms with Gasteiger partial charge < -0.3 is 5.32 Å². The van der Waals surface area contributed by atoms with E-state index in [1.54, 1.807) is 6.20 Å². The van der Waals surface area contributed by atoms with Crippen LogP contribution in [0.25, 0.3) is 0 Å². The topological polar surface area (TPSA) is 29.1 Å². The molecular formula is C11H13NO. The first-order valence-corrected chi connectivity index (χ1v) is 4.32. The Kier molecular flexibility index (Phi) is 3.76. The van der Waals surface area contributed by atoms with Crippen LogP contribution in [0.4, 0.5) is 5.69 Å². The molecule has 0 saturated carbocycles. The van der Waals surface area contributed by atoms with Gasteiger partial charge in [-0.25, -0.2) is 0 Å². The van der Waals surface area contributed by atoms with E-state index in [4.69, 9.17) is 0 Å². The maximum absolute atomic E-state index is 10.4. The zero-order valence-electron chi connectivity index (χ0n) is 7.66. The number of hydrogen-bond acceptors (Lipinski definition) is 2. The molecule has 2 nitrogen and oxygen atoms in total. The summed E-state index contributed by atoms with van der Waals surface area (Å²) in [5.74, 6) is 0. The lowest BCUT2D eigenvalue weighted by Crippen LogP contribution is -1.91. The molecule has 0 bridgehead atoms. The van der Waals surface area contributed by atoms with E-state index in [-0.39, 0.29) is 0 Å². The Morgan fingerprint density at radius 3 is 2.62 bits per heavy atom. The molecule has 0 saturated heterocycles. The van der Waals surface area contributed by atoms with E-state index in [0.717, 1.165) is 24.0 Å². The van der Waals surface area contributed by atoms with E-state index in [2.05, 4.69) is 5.32 Å². The van der Waals surface area contributed by atoms with Crippen molar-refractivity contribution >= 4 is 12.0 Å². The lowest BCUT2D eigenvalue weighted by Gasteiger charge is -2.00. The quantitative estimate of drug-likeness (QED) is 0.563. The third-order valence-corrected chi connectivity index (χ3v) is 1.76. The van der Waals surface area contributed by atoms with Crippen LogP contribution in [0.15, 0.2) is 42.1 Å². The molecule has 0 atom stereocenters. The van der Waals surface area contributed by atoms with E-state index in [0.29, 0.717) is 0 Å². The highest BCUT2D eigenvalue weighted by Gasteiger charge is 1.89. The van der Waals surface area contributed by atoms with Crippen molar-refractivity contribution in [2.45, 2.75) is 13.3 Å². The fraction of sp³-hybridized carbons (Fsp3) is 0.182. The molecule has 0 heterocycles. The minimum absolute atomic E-state index is 0.753. The maximum atomic E-state index is 10.4. The number of anilines is 1. The van der Waals surface area contributed by atoms with Crippen molar-refractivity contribution in [2.75, 3.05) is 5.32 Å². The highest BCUT2D eigenvalue weighted by atomic mass is 16.1. The summed E-state index contributed by atoms with van der Waals surface area (Å²) in [6.07, 6.45) is 3.36. The number of aldehydes is 1. The smallest absolute Gasteiger partial charge is 0.147 e. The summed E-state index contributed by atoms with van der Waals surface area (Å²) < 4.78 is 0. The Bertz CT molecular complexity index is 290. The Morgan fingerprint density at radius 1 is 1.38 bits per heavy atom. The Morgan fingerprint density at radius 2 is 2.08 bits per heavy atom. The number of nitrogens with one attached hydrogen (secondary N) is 1. The minimum atomic E-state index is 0.753. The molecule has 13 heavy (non-hydrogen) atoms. The van der Waals surface area contributed by atoms with E-state index < -0.39 is 0 Å². The second kappa shape index (κ2) is 5.14. The van der Waals surface area contributed by atoms with Crippen molar-refractivity contribution in [3.8, 4) is 0 Å². The summed E-state index contributed by atoms with van der Waals surface area (Å²) in [5.41, 5.74) is 1.76. The van der Waals surface area contributed by atoms with Gasteiger partial charge in [0.25, 0.3) is 0 Å². The first kappa shape index (κ1) is 9.52. The molecule has 68 valence electrons. The van der Waals surface area contributed by atoms with Gasteiger partial charge in [0.05, 0.1) is 0 Å². The fourth-order valence-electron chi connectivity index (χ4n) is 0.930. The largest absolute Gasteiger partial charge is 0.361 e. The minimum Gasteiger partial charge on any atom is -0.361 e. The first-order chi connectivity index (χ1) is 6.36. The highest BCUT2D eigenvalue weighted by molar-refractivity contribution is 5.73. The predicted molar refractivity (Wildman–Crippen MR) is 54.5 cm³/mol. The van der Waals surface area contributed by atoms with Gasteiger partial charge in [-0.2, -0.15) is 0 Å². The molecule has 2 heteroatoms. The van der Waals surface area contributed by atoms with Gasteiger partial charge in [-0.15, -0.1) is 0 Å². The van der Waals surface area contributed by atoms with Crippen molar-refractivity contribution in [3.05, 3.63) is 42.1 Å². The number of benzene rings is 1. The zero-order chi connectivity index (χ0) is 9.52. The van der Waals surface area contributed by atoms with Crippen LogP contribution in [0.2, 0.25) is 0 Å². The standard InChI is InChI=1S/C11H13NO/c1-2-10(9-13)8-12-11-6-4-3-5-7-11/h3-9,12H,2H2,1H3/b10-8-. The molecule has 0 aliphatic heterocycles. The fourth-order valence-corrected chi connectivity index (χ4v) is 0.930. The van der Waals surface area contributed by atoms with Crippen molar-refractivity contribution in [3.63, 3.8) is 0 Å². The van der Waals surface area contributed by atoms with Crippen LogP contribution < -0.4 is 5.32 Å². The van der Waals surface area contributed by atoms with Crippen LogP contribution in [-0.2, 0) is 4.79 Å². The first-order valence-electron chi connectivity index (χ1n) is 4.32. The number of carbonyl (C=O) groups is 1. The average Bonchev–Trinajstić information content (AvgIpc) is 2.21. The van der Waals surface area contributed by atoms with Crippen molar-refractivity contribution in [2.24, 2.45) is 0 Å². The second-order valence-corrected chi connectivity index (χ2v) is 2.70. The van der Waals surface area contributed by atoms with Gasteiger partial charge in [0.15, 0.2) is 0 Å². The molecule has 0 fully saturated rings. The van der Waals surface area contributed by atoms with Gasteiger partial charge in [0.2, 0.25) is 0 Å². The normalized spacial score (nSPS) is 11.0.